The van der Waals surface area contributed by atoms with Crippen molar-refractivity contribution < 1.29 is 9.84 Å². The molecule has 3 aliphatic carbocycles. The topological polar surface area (TPSA) is 29.5 Å². The Morgan fingerprint density at radius 2 is 2.05 bits per heavy atom. The van der Waals surface area contributed by atoms with Gasteiger partial charge in [0.2, 0.25) is 0 Å². The van der Waals surface area contributed by atoms with Gasteiger partial charge in [-0.05, 0) is 85.0 Å². The third-order valence-electron chi connectivity index (χ3n) is 6.91. The Hall–Kier alpha value is -1.02. The maximum atomic E-state index is 9.73. The van der Waals surface area contributed by atoms with Crippen LogP contribution in [0.15, 0.2) is 18.2 Å². The lowest BCUT2D eigenvalue weighted by atomic mass is 9.55. The Morgan fingerprint density at radius 1 is 1.19 bits per heavy atom. The molecule has 4 rings (SSSR count). The molecule has 0 unspecified atom stereocenters. The third-order valence-corrected chi connectivity index (χ3v) is 6.91. The Bertz CT molecular complexity index is 552. The minimum Gasteiger partial charge on any atom is -0.508 e. The number of hydrogen-bond acceptors (Lipinski definition) is 2. The highest BCUT2D eigenvalue weighted by atomic mass is 16.5. The molecule has 1 aromatic rings. The molecule has 2 saturated carbocycles. The summed E-state index contributed by atoms with van der Waals surface area (Å²) in [5, 5.41) is 9.73. The number of rotatable bonds is 1. The van der Waals surface area contributed by atoms with Crippen LogP contribution in [-0.4, -0.2) is 18.3 Å². The second-order valence-corrected chi connectivity index (χ2v) is 7.64. The van der Waals surface area contributed by atoms with Crippen molar-refractivity contribution in [2.75, 3.05) is 7.11 Å². The lowest BCUT2D eigenvalue weighted by molar-refractivity contribution is -0.0444. The van der Waals surface area contributed by atoms with Crippen LogP contribution in [0, 0.1) is 17.3 Å². The number of fused-ring (bicyclic) bond motifs is 5. The standard InChI is InChI=1S/C19H26O2/c1-19-10-9-15-14-6-4-13(20)11-12(14)3-5-16(15)17(19)7-8-18(19)21-2/h4,6,11,15-18,20H,3,5,7-10H2,1-2H3/t15-,16-,17+,18+,19+/m1/s1. The lowest BCUT2D eigenvalue weighted by Crippen LogP contribution is -2.44. The summed E-state index contributed by atoms with van der Waals surface area (Å²) in [7, 11) is 1.89. The summed E-state index contributed by atoms with van der Waals surface area (Å²) in [5.41, 5.74) is 3.30. The molecule has 114 valence electrons. The first-order valence-electron chi connectivity index (χ1n) is 8.48. The Morgan fingerprint density at radius 3 is 2.86 bits per heavy atom. The molecule has 0 spiro atoms. The number of benzene rings is 1. The van der Waals surface area contributed by atoms with Gasteiger partial charge in [-0.2, -0.15) is 0 Å². The van der Waals surface area contributed by atoms with Crippen molar-refractivity contribution in [1.29, 1.82) is 0 Å². The summed E-state index contributed by atoms with van der Waals surface area (Å²) in [6.07, 6.45) is 8.04. The molecular weight excluding hydrogens is 260 g/mol. The number of aryl methyl sites for hydroxylation is 1. The first-order valence-corrected chi connectivity index (χ1v) is 8.48. The fraction of sp³-hybridized carbons (Fsp3) is 0.684. The second kappa shape index (κ2) is 4.74. The van der Waals surface area contributed by atoms with Crippen LogP contribution in [0.25, 0.3) is 0 Å². The highest BCUT2D eigenvalue weighted by molar-refractivity contribution is 5.40. The average molecular weight is 286 g/mol. The zero-order valence-electron chi connectivity index (χ0n) is 13.1. The Balaban J connectivity index is 1.68. The molecule has 1 aromatic carbocycles. The molecule has 0 aliphatic heterocycles. The monoisotopic (exact) mass is 286 g/mol. The minimum absolute atomic E-state index is 0.393. The van der Waals surface area contributed by atoms with Gasteiger partial charge in [0.1, 0.15) is 5.75 Å². The number of aromatic hydroxyl groups is 1. The first kappa shape index (κ1) is 13.6. The van der Waals surface area contributed by atoms with Crippen LogP contribution >= 0.6 is 0 Å². The zero-order chi connectivity index (χ0) is 14.6. The fourth-order valence-electron chi connectivity index (χ4n) is 5.91. The summed E-state index contributed by atoms with van der Waals surface area (Å²) in [4.78, 5) is 0. The van der Waals surface area contributed by atoms with E-state index in [1.165, 1.54) is 43.2 Å². The summed E-state index contributed by atoms with van der Waals surface area (Å²) in [5.74, 6) is 2.78. The molecule has 3 aliphatic rings. The predicted octanol–water partition coefficient (Wildman–Crippen LogP) is 4.26. The van der Waals surface area contributed by atoms with Crippen LogP contribution in [0.3, 0.4) is 0 Å². The van der Waals surface area contributed by atoms with Crippen LogP contribution in [0.4, 0.5) is 0 Å². The van der Waals surface area contributed by atoms with Gasteiger partial charge in [0, 0.05) is 7.11 Å². The van der Waals surface area contributed by atoms with E-state index in [1.54, 1.807) is 0 Å². The largest absolute Gasteiger partial charge is 0.508 e. The molecule has 5 atom stereocenters. The SMILES string of the molecule is CO[C@H]1CC[C@H]2[C@@H]3CCc4cc(O)ccc4[C@H]3CC[C@]12C. The van der Waals surface area contributed by atoms with E-state index in [4.69, 9.17) is 4.74 Å². The third kappa shape index (κ3) is 1.88. The van der Waals surface area contributed by atoms with Crippen molar-refractivity contribution in [3.63, 3.8) is 0 Å². The van der Waals surface area contributed by atoms with E-state index in [1.807, 2.05) is 19.2 Å². The molecule has 0 saturated heterocycles. The van der Waals surface area contributed by atoms with Crippen molar-refractivity contribution in [3.05, 3.63) is 29.3 Å². The van der Waals surface area contributed by atoms with Gasteiger partial charge in [-0.1, -0.05) is 13.0 Å². The van der Waals surface area contributed by atoms with Gasteiger partial charge >= 0.3 is 0 Å². The maximum absolute atomic E-state index is 9.73. The van der Waals surface area contributed by atoms with Crippen LogP contribution in [-0.2, 0) is 11.2 Å². The smallest absolute Gasteiger partial charge is 0.115 e. The molecule has 21 heavy (non-hydrogen) atoms. The van der Waals surface area contributed by atoms with Gasteiger partial charge in [-0.25, -0.2) is 0 Å². The van der Waals surface area contributed by atoms with Gasteiger partial charge in [0.15, 0.2) is 0 Å². The van der Waals surface area contributed by atoms with E-state index in [2.05, 4.69) is 13.0 Å². The molecule has 2 fully saturated rings. The highest BCUT2D eigenvalue weighted by Crippen LogP contribution is 2.61. The van der Waals surface area contributed by atoms with Crippen molar-refractivity contribution in [3.8, 4) is 5.75 Å². The van der Waals surface area contributed by atoms with E-state index < -0.39 is 0 Å². The molecule has 0 bridgehead atoms. The number of hydrogen-bond donors (Lipinski definition) is 1. The van der Waals surface area contributed by atoms with Crippen molar-refractivity contribution in [2.45, 2.75) is 57.5 Å². The minimum atomic E-state index is 0.393. The quantitative estimate of drug-likeness (QED) is 0.835. The summed E-state index contributed by atoms with van der Waals surface area (Å²) >= 11 is 0. The normalized spacial score (nSPS) is 41.2. The maximum Gasteiger partial charge on any atom is 0.115 e. The van der Waals surface area contributed by atoms with E-state index >= 15 is 0 Å². The van der Waals surface area contributed by atoms with E-state index in [9.17, 15) is 5.11 Å². The van der Waals surface area contributed by atoms with Gasteiger partial charge in [0.05, 0.1) is 6.10 Å². The summed E-state index contributed by atoms with van der Waals surface area (Å²) in [6, 6.07) is 6.06. The average Bonchev–Trinajstić information content (AvgIpc) is 2.83. The van der Waals surface area contributed by atoms with Gasteiger partial charge < -0.3 is 9.84 Å². The summed E-state index contributed by atoms with van der Waals surface area (Å²) in [6.45, 7) is 2.47. The number of phenolic OH excluding ortho intramolecular Hbond substituents is 1. The van der Waals surface area contributed by atoms with Crippen LogP contribution < -0.4 is 0 Å². The van der Waals surface area contributed by atoms with Crippen molar-refractivity contribution >= 4 is 0 Å². The summed E-state index contributed by atoms with van der Waals surface area (Å²) < 4.78 is 5.82. The van der Waals surface area contributed by atoms with E-state index in [0.717, 1.165) is 18.3 Å². The molecule has 2 heteroatoms. The second-order valence-electron chi connectivity index (χ2n) is 7.64. The number of phenols is 1. The zero-order valence-corrected chi connectivity index (χ0v) is 13.1. The Labute approximate surface area is 127 Å². The highest BCUT2D eigenvalue weighted by Gasteiger charge is 2.54. The van der Waals surface area contributed by atoms with Crippen molar-refractivity contribution in [2.24, 2.45) is 17.3 Å². The van der Waals surface area contributed by atoms with Crippen LogP contribution in [0.2, 0.25) is 0 Å². The fourth-order valence-corrected chi connectivity index (χ4v) is 5.91. The molecule has 2 nitrogen and oxygen atoms in total. The Kier molecular flexibility index (Phi) is 3.08. The molecular formula is C19H26O2. The number of methoxy groups -OCH3 is 1. The molecule has 0 radical (unpaired) electrons. The molecule has 1 N–H and O–H groups in total. The molecule has 0 amide bonds. The predicted molar refractivity (Wildman–Crippen MR) is 83.5 cm³/mol. The van der Waals surface area contributed by atoms with Gasteiger partial charge in [-0.15, -0.1) is 0 Å². The molecule has 0 heterocycles. The molecule has 0 aromatic heterocycles. The van der Waals surface area contributed by atoms with Crippen LogP contribution in [0.1, 0.15) is 56.1 Å². The van der Waals surface area contributed by atoms with Gasteiger partial charge in [-0.3, -0.25) is 0 Å². The van der Waals surface area contributed by atoms with Gasteiger partial charge in [0.25, 0.3) is 0 Å². The van der Waals surface area contributed by atoms with Crippen molar-refractivity contribution in [1.82, 2.24) is 0 Å². The lowest BCUT2D eigenvalue weighted by Gasteiger charge is -2.50. The van der Waals surface area contributed by atoms with E-state index in [0.29, 0.717) is 23.2 Å². The van der Waals surface area contributed by atoms with E-state index in [-0.39, 0.29) is 0 Å². The first-order chi connectivity index (χ1) is 10.1. The number of ether oxygens (including phenoxy) is 1. The van der Waals surface area contributed by atoms with Crippen LogP contribution in [0.5, 0.6) is 5.75 Å².